The van der Waals surface area contributed by atoms with Crippen molar-refractivity contribution < 1.29 is 13.2 Å². The number of carbonyl (C=O) groups is 1. The van der Waals surface area contributed by atoms with Crippen LogP contribution in [-0.2, 0) is 14.6 Å². The van der Waals surface area contributed by atoms with Gasteiger partial charge in [-0.15, -0.1) is 0 Å². The fourth-order valence-electron chi connectivity index (χ4n) is 3.32. The summed E-state index contributed by atoms with van der Waals surface area (Å²) in [6, 6.07) is 0.552. The SMILES string of the molecule is CC(C)N(CC1CCCCN1)C(=O)CC1CCS(=O)(=O)C1. The van der Waals surface area contributed by atoms with Crippen LogP contribution in [0.1, 0.15) is 46.0 Å². The molecule has 2 atom stereocenters. The van der Waals surface area contributed by atoms with Crippen LogP contribution in [0.4, 0.5) is 0 Å². The molecule has 2 aliphatic rings. The summed E-state index contributed by atoms with van der Waals surface area (Å²) in [7, 11) is -2.90. The van der Waals surface area contributed by atoms with Crippen LogP contribution in [0.3, 0.4) is 0 Å². The summed E-state index contributed by atoms with van der Waals surface area (Å²) < 4.78 is 23.0. The van der Waals surface area contributed by atoms with E-state index in [4.69, 9.17) is 0 Å². The Morgan fingerprint density at radius 2 is 2.05 bits per heavy atom. The van der Waals surface area contributed by atoms with Crippen LogP contribution in [0.25, 0.3) is 0 Å². The predicted molar refractivity (Wildman–Crippen MR) is 83.9 cm³/mol. The van der Waals surface area contributed by atoms with Crippen LogP contribution >= 0.6 is 0 Å². The van der Waals surface area contributed by atoms with Crippen molar-refractivity contribution >= 4 is 15.7 Å². The lowest BCUT2D eigenvalue weighted by Gasteiger charge is -2.33. The molecule has 5 nitrogen and oxygen atoms in total. The Balaban J connectivity index is 1.89. The third-order valence-electron chi connectivity index (χ3n) is 4.56. The molecule has 1 amide bonds. The molecule has 0 aromatic rings. The van der Waals surface area contributed by atoms with Gasteiger partial charge in [-0.3, -0.25) is 4.79 Å². The Bertz CT molecular complexity index is 456. The van der Waals surface area contributed by atoms with Crippen molar-refractivity contribution in [1.82, 2.24) is 10.2 Å². The van der Waals surface area contributed by atoms with Crippen LogP contribution < -0.4 is 5.32 Å². The molecule has 2 unspecified atom stereocenters. The number of nitrogens with zero attached hydrogens (tertiary/aromatic N) is 1. The van der Waals surface area contributed by atoms with Crippen molar-refractivity contribution in [2.24, 2.45) is 5.92 Å². The molecule has 0 aliphatic carbocycles. The Morgan fingerprint density at radius 1 is 1.29 bits per heavy atom. The van der Waals surface area contributed by atoms with Gasteiger partial charge in [0.25, 0.3) is 0 Å². The quantitative estimate of drug-likeness (QED) is 0.827. The van der Waals surface area contributed by atoms with Crippen LogP contribution in [0, 0.1) is 5.92 Å². The Kier molecular flexibility index (Phi) is 5.66. The van der Waals surface area contributed by atoms with Gasteiger partial charge in [0.05, 0.1) is 11.5 Å². The maximum atomic E-state index is 12.5. The minimum atomic E-state index is -2.90. The van der Waals surface area contributed by atoms with Gasteiger partial charge in [-0.2, -0.15) is 0 Å². The summed E-state index contributed by atoms with van der Waals surface area (Å²) in [5, 5.41) is 3.48. The molecule has 6 heteroatoms. The number of sulfone groups is 1. The zero-order chi connectivity index (χ0) is 15.5. The lowest BCUT2D eigenvalue weighted by Crippen LogP contribution is -2.48. The molecule has 1 N–H and O–H groups in total. The van der Waals surface area contributed by atoms with Gasteiger partial charge in [-0.25, -0.2) is 8.42 Å². The monoisotopic (exact) mass is 316 g/mol. The molecule has 0 spiro atoms. The van der Waals surface area contributed by atoms with Gasteiger partial charge in [0.15, 0.2) is 9.84 Å². The van der Waals surface area contributed by atoms with Crippen molar-refractivity contribution in [3.8, 4) is 0 Å². The number of hydrogen-bond donors (Lipinski definition) is 1. The van der Waals surface area contributed by atoms with Gasteiger partial charge in [-0.1, -0.05) is 6.42 Å². The number of hydrogen-bond acceptors (Lipinski definition) is 4. The van der Waals surface area contributed by atoms with Crippen LogP contribution in [0.2, 0.25) is 0 Å². The number of nitrogens with one attached hydrogen (secondary N) is 1. The van der Waals surface area contributed by atoms with E-state index in [0.717, 1.165) is 19.5 Å². The van der Waals surface area contributed by atoms with Crippen molar-refractivity contribution in [3.05, 3.63) is 0 Å². The topological polar surface area (TPSA) is 66.5 Å². The lowest BCUT2D eigenvalue weighted by atomic mass is 10.0. The summed E-state index contributed by atoms with van der Waals surface area (Å²) in [6.07, 6.45) is 4.57. The van der Waals surface area contributed by atoms with Gasteiger partial charge < -0.3 is 10.2 Å². The van der Waals surface area contributed by atoms with Crippen molar-refractivity contribution in [2.45, 2.75) is 58.0 Å². The van der Waals surface area contributed by atoms with E-state index >= 15 is 0 Å². The highest BCUT2D eigenvalue weighted by molar-refractivity contribution is 7.91. The van der Waals surface area contributed by atoms with Crippen LogP contribution in [0.15, 0.2) is 0 Å². The van der Waals surface area contributed by atoms with Crippen LogP contribution in [-0.4, -0.2) is 55.9 Å². The molecule has 0 bridgehead atoms. The summed E-state index contributed by atoms with van der Waals surface area (Å²) in [5.41, 5.74) is 0. The number of piperidine rings is 1. The fraction of sp³-hybridized carbons (Fsp3) is 0.933. The molecule has 0 radical (unpaired) electrons. The summed E-state index contributed by atoms with van der Waals surface area (Å²) in [5.74, 6) is 0.561. The Morgan fingerprint density at radius 3 is 2.57 bits per heavy atom. The average Bonchev–Trinajstić information content (AvgIpc) is 2.76. The first kappa shape index (κ1) is 16.7. The van der Waals surface area contributed by atoms with E-state index in [1.165, 1.54) is 12.8 Å². The van der Waals surface area contributed by atoms with Crippen molar-refractivity contribution in [3.63, 3.8) is 0 Å². The fourth-order valence-corrected chi connectivity index (χ4v) is 5.18. The van der Waals surface area contributed by atoms with Crippen molar-refractivity contribution in [1.29, 1.82) is 0 Å². The standard InChI is InChI=1S/C15H28N2O3S/c1-12(2)17(10-14-5-3-4-7-16-14)15(18)9-13-6-8-21(19,20)11-13/h12-14,16H,3-11H2,1-2H3. The molecule has 2 heterocycles. The maximum Gasteiger partial charge on any atom is 0.223 e. The third-order valence-corrected chi connectivity index (χ3v) is 6.40. The van der Waals surface area contributed by atoms with Gasteiger partial charge >= 0.3 is 0 Å². The Labute approximate surface area is 128 Å². The van der Waals surface area contributed by atoms with E-state index in [-0.39, 0.29) is 29.4 Å². The van der Waals surface area contributed by atoms with E-state index in [1.54, 1.807) is 0 Å². The molecule has 2 aliphatic heterocycles. The van der Waals surface area contributed by atoms with E-state index in [0.29, 0.717) is 18.9 Å². The molecule has 0 aromatic heterocycles. The number of rotatable bonds is 5. The van der Waals surface area contributed by atoms with Gasteiger partial charge in [0.1, 0.15) is 0 Å². The molecule has 2 saturated heterocycles. The number of amides is 1. The van der Waals surface area contributed by atoms with E-state index < -0.39 is 9.84 Å². The molecule has 122 valence electrons. The first-order valence-corrected chi connectivity index (χ1v) is 9.93. The highest BCUT2D eigenvalue weighted by Crippen LogP contribution is 2.23. The smallest absolute Gasteiger partial charge is 0.223 e. The van der Waals surface area contributed by atoms with E-state index in [1.807, 2.05) is 18.7 Å². The lowest BCUT2D eigenvalue weighted by molar-refractivity contribution is -0.134. The Hall–Kier alpha value is -0.620. The molecule has 2 fully saturated rings. The van der Waals surface area contributed by atoms with Gasteiger partial charge in [0.2, 0.25) is 5.91 Å². The first-order valence-electron chi connectivity index (χ1n) is 8.10. The molecule has 2 rings (SSSR count). The van der Waals surface area contributed by atoms with E-state index in [2.05, 4.69) is 5.32 Å². The molecule has 0 aromatic carbocycles. The maximum absolute atomic E-state index is 12.5. The molecule has 0 saturated carbocycles. The second-order valence-corrected chi connectivity index (χ2v) is 8.99. The minimum Gasteiger partial charge on any atom is -0.339 e. The van der Waals surface area contributed by atoms with Crippen molar-refractivity contribution in [2.75, 3.05) is 24.6 Å². The highest BCUT2D eigenvalue weighted by Gasteiger charge is 2.31. The first-order chi connectivity index (χ1) is 9.87. The second kappa shape index (κ2) is 7.09. The summed E-state index contributed by atoms with van der Waals surface area (Å²) in [4.78, 5) is 14.5. The highest BCUT2D eigenvalue weighted by atomic mass is 32.2. The largest absolute Gasteiger partial charge is 0.339 e. The molecular formula is C15H28N2O3S. The summed E-state index contributed by atoms with van der Waals surface area (Å²) >= 11 is 0. The normalized spacial score (nSPS) is 28.7. The average molecular weight is 316 g/mol. The van der Waals surface area contributed by atoms with Crippen LogP contribution in [0.5, 0.6) is 0 Å². The zero-order valence-electron chi connectivity index (χ0n) is 13.2. The van der Waals surface area contributed by atoms with E-state index in [9.17, 15) is 13.2 Å². The number of carbonyl (C=O) groups excluding carboxylic acids is 1. The second-order valence-electron chi connectivity index (χ2n) is 6.76. The van der Waals surface area contributed by atoms with Gasteiger partial charge in [0, 0.05) is 25.0 Å². The molecule has 21 heavy (non-hydrogen) atoms. The molecular weight excluding hydrogens is 288 g/mol. The predicted octanol–water partition coefficient (Wildman–Crippen LogP) is 1.19. The summed E-state index contributed by atoms with van der Waals surface area (Å²) in [6.45, 7) is 5.85. The zero-order valence-corrected chi connectivity index (χ0v) is 14.0. The minimum absolute atomic E-state index is 0.0167. The van der Waals surface area contributed by atoms with Gasteiger partial charge in [-0.05, 0) is 45.6 Å². The third kappa shape index (κ3) is 4.95.